The molecule has 1 amide bonds. The molecule has 190 valence electrons. The van der Waals surface area contributed by atoms with Crippen molar-refractivity contribution < 1.29 is 14.3 Å². The minimum absolute atomic E-state index is 0.0707. The number of hydrogen-bond donors (Lipinski definition) is 1. The summed E-state index contributed by atoms with van der Waals surface area (Å²) in [6.45, 7) is 2.87. The number of amides is 1. The van der Waals surface area contributed by atoms with Gasteiger partial charge in [-0.1, -0.05) is 43.3 Å². The number of carbonyl (C=O) groups excluding carboxylic acids is 1. The summed E-state index contributed by atoms with van der Waals surface area (Å²) in [5.74, 6) is 2.03. The molecule has 4 aromatic rings. The lowest BCUT2D eigenvalue weighted by atomic mass is 9.89. The van der Waals surface area contributed by atoms with Crippen LogP contribution in [0.3, 0.4) is 0 Å². The topological polar surface area (TPSA) is 52.5 Å². The molecule has 1 aromatic heterocycles. The molecule has 1 atom stereocenters. The lowest BCUT2D eigenvalue weighted by molar-refractivity contribution is 0.0954. The van der Waals surface area contributed by atoms with Crippen molar-refractivity contribution in [2.75, 3.05) is 20.8 Å². The maximum atomic E-state index is 12.9. The molecule has 0 spiro atoms. The molecule has 0 saturated carbocycles. The van der Waals surface area contributed by atoms with Gasteiger partial charge in [-0.05, 0) is 90.8 Å². The standard InChI is InChI=1S/C32H34N2O3/c1-22-9-15-28-26(19-22)21-29(24-7-5-4-6-8-24)34(28)27-13-11-25(12-14-27)32(35)33-18-17-23-10-16-30(36-2)31(20-23)37-3/h4-8,10-14,16,20-22H,9,15,17-19H2,1-3H3,(H,33,35)/t22-/m1/s1. The van der Waals surface area contributed by atoms with Crippen LogP contribution >= 0.6 is 0 Å². The van der Waals surface area contributed by atoms with Gasteiger partial charge in [0.2, 0.25) is 0 Å². The van der Waals surface area contributed by atoms with Gasteiger partial charge >= 0.3 is 0 Å². The second-order valence-corrected chi connectivity index (χ2v) is 9.79. The summed E-state index contributed by atoms with van der Waals surface area (Å²) < 4.78 is 13.1. The zero-order valence-electron chi connectivity index (χ0n) is 21.8. The molecule has 1 N–H and O–H groups in total. The zero-order chi connectivity index (χ0) is 25.8. The number of ether oxygens (including phenoxy) is 2. The van der Waals surface area contributed by atoms with E-state index in [1.165, 1.54) is 28.9 Å². The van der Waals surface area contributed by atoms with Gasteiger partial charge in [-0.15, -0.1) is 0 Å². The number of aromatic nitrogens is 1. The Labute approximate surface area is 219 Å². The second kappa shape index (κ2) is 11.0. The molecule has 0 unspecified atom stereocenters. The van der Waals surface area contributed by atoms with Crippen LogP contribution in [-0.4, -0.2) is 31.2 Å². The number of carbonyl (C=O) groups is 1. The average Bonchev–Trinajstić information content (AvgIpc) is 3.32. The molecule has 37 heavy (non-hydrogen) atoms. The number of fused-ring (bicyclic) bond motifs is 1. The van der Waals surface area contributed by atoms with E-state index in [-0.39, 0.29) is 5.91 Å². The first-order chi connectivity index (χ1) is 18.1. The number of nitrogens with zero attached hydrogens (tertiary/aromatic N) is 1. The smallest absolute Gasteiger partial charge is 0.251 e. The van der Waals surface area contributed by atoms with Crippen LogP contribution in [0.5, 0.6) is 11.5 Å². The highest BCUT2D eigenvalue weighted by Gasteiger charge is 2.23. The Balaban J connectivity index is 1.32. The second-order valence-electron chi connectivity index (χ2n) is 9.79. The molecule has 3 aromatic carbocycles. The van der Waals surface area contributed by atoms with Gasteiger partial charge < -0.3 is 19.4 Å². The SMILES string of the molecule is COc1ccc(CCNC(=O)c2ccc(-n3c(-c4ccccc4)cc4c3CC[C@@H](C)C4)cc2)cc1OC. The fourth-order valence-corrected chi connectivity index (χ4v) is 5.25. The lowest BCUT2D eigenvalue weighted by Crippen LogP contribution is -2.25. The number of hydrogen-bond acceptors (Lipinski definition) is 3. The third-order valence-corrected chi connectivity index (χ3v) is 7.24. The summed E-state index contributed by atoms with van der Waals surface area (Å²) in [6.07, 6.45) is 4.09. The van der Waals surface area contributed by atoms with Crippen molar-refractivity contribution in [2.45, 2.75) is 32.6 Å². The molecule has 0 aliphatic heterocycles. The fourth-order valence-electron chi connectivity index (χ4n) is 5.25. The highest BCUT2D eigenvalue weighted by atomic mass is 16.5. The summed E-state index contributed by atoms with van der Waals surface area (Å²) in [6, 6.07) is 26.7. The van der Waals surface area contributed by atoms with Gasteiger partial charge in [-0.2, -0.15) is 0 Å². The lowest BCUT2D eigenvalue weighted by Gasteiger charge is -2.21. The predicted molar refractivity (Wildman–Crippen MR) is 148 cm³/mol. The van der Waals surface area contributed by atoms with Gasteiger partial charge in [0.15, 0.2) is 11.5 Å². The van der Waals surface area contributed by atoms with Crippen molar-refractivity contribution in [3.05, 3.63) is 101 Å². The maximum Gasteiger partial charge on any atom is 0.251 e. The van der Waals surface area contributed by atoms with E-state index in [4.69, 9.17) is 9.47 Å². The molecule has 5 nitrogen and oxygen atoms in total. The first-order valence-corrected chi connectivity index (χ1v) is 13.0. The van der Waals surface area contributed by atoms with Gasteiger partial charge in [-0.3, -0.25) is 4.79 Å². The first-order valence-electron chi connectivity index (χ1n) is 13.0. The number of benzene rings is 3. The van der Waals surface area contributed by atoms with Crippen molar-refractivity contribution in [1.29, 1.82) is 0 Å². The molecule has 0 radical (unpaired) electrons. The minimum atomic E-state index is -0.0707. The van der Waals surface area contributed by atoms with E-state index in [0.717, 1.165) is 24.1 Å². The molecular formula is C32H34N2O3. The maximum absolute atomic E-state index is 12.9. The van der Waals surface area contributed by atoms with E-state index in [0.29, 0.717) is 35.9 Å². The quantitative estimate of drug-likeness (QED) is 0.315. The normalized spacial score (nSPS) is 14.6. The van der Waals surface area contributed by atoms with E-state index < -0.39 is 0 Å². The first kappa shape index (κ1) is 24.7. The van der Waals surface area contributed by atoms with Gasteiger partial charge in [0, 0.05) is 23.5 Å². The van der Waals surface area contributed by atoms with Gasteiger partial charge in [0.1, 0.15) is 0 Å². The highest BCUT2D eigenvalue weighted by molar-refractivity contribution is 5.94. The minimum Gasteiger partial charge on any atom is -0.493 e. The monoisotopic (exact) mass is 494 g/mol. The van der Waals surface area contributed by atoms with Crippen molar-refractivity contribution in [3.8, 4) is 28.4 Å². The van der Waals surface area contributed by atoms with E-state index in [1.807, 2.05) is 30.3 Å². The Morgan fingerprint density at radius 3 is 2.43 bits per heavy atom. The molecule has 5 heteroatoms. The van der Waals surface area contributed by atoms with Gasteiger partial charge in [0.05, 0.1) is 19.9 Å². The number of rotatable bonds is 8. The van der Waals surface area contributed by atoms with Crippen LogP contribution in [0, 0.1) is 5.92 Å². The van der Waals surface area contributed by atoms with Gasteiger partial charge in [-0.25, -0.2) is 0 Å². The Morgan fingerprint density at radius 2 is 1.70 bits per heavy atom. The summed E-state index contributed by atoms with van der Waals surface area (Å²) in [5, 5.41) is 3.04. The Hall–Kier alpha value is -3.99. The zero-order valence-corrected chi connectivity index (χ0v) is 21.8. The van der Waals surface area contributed by atoms with Gasteiger partial charge in [0.25, 0.3) is 5.91 Å². The summed E-state index contributed by atoms with van der Waals surface area (Å²) in [7, 11) is 3.25. The van der Waals surface area contributed by atoms with Crippen LogP contribution in [0.4, 0.5) is 0 Å². The van der Waals surface area contributed by atoms with E-state index in [2.05, 4.69) is 65.3 Å². The van der Waals surface area contributed by atoms with Crippen LogP contribution in [0.2, 0.25) is 0 Å². The van der Waals surface area contributed by atoms with Crippen LogP contribution in [-0.2, 0) is 19.3 Å². The molecule has 0 fully saturated rings. The molecule has 5 rings (SSSR count). The Kier molecular flexibility index (Phi) is 7.31. The predicted octanol–water partition coefficient (Wildman–Crippen LogP) is 6.26. The summed E-state index contributed by atoms with van der Waals surface area (Å²) >= 11 is 0. The van der Waals surface area contributed by atoms with Crippen LogP contribution in [0.1, 0.15) is 40.5 Å². The molecule has 0 bridgehead atoms. The van der Waals surface area contributed by atoms with Crippen LogP contribution in [0.25, 0.3) is 16.9 Å². The Bertz CT molecular complexity index is 1370. The number of nitrogens with one attached hydrogen (secondary N) is 1. The van der Waals surface area contributed by atoms with Crippen LogP contribution < -0.4 is 14.8 Å². The van der Waals surface area contributed by atoms with E-state index >= 15 is 0 Å². The van der Waals surface area contributed by atoms with Crippen molar-refractivity contribution in [1.82, 2.24) is 9.88 Å². The van der Waals surface area contributed by atoms with E-state index in [9.17, 15) is 4.79 Å². The summed E-state index contributed by atoms with van der Waals surface area (Å²) in [5.41, 5.74) is 8.09. The highest BCUT2D eigenvalue weighted by Crippen LogP contribution is 2.35. The molecule has 1 aliphatic rings. The van der Waals surface area contributed by atoms with Crippen LogP contribution in [0.15, 0.2) is 78.9 Å². The third kappa shape index (κ3) is 5.26. The largest absolute Gasteiger partial charge is 0.493 e. The summed E-state index contributed by atoms with van der Waals surface area (Å²) in [4.78, 5) is 12.9. The van der Waals surface area contributed by atoms with Crippen molar-refractivity contribution >= 4 is 5.91 Å². The third-order valence-electron chi connectivity index (χ3n) is 7.24. The fraction of sp³-hybridized carbons (Fsp3) is 0.281. The van der Waals surface area contributed by atoms with E-state index in [1.54, 1.807) is 14.2 Å². The van der Waals surface area contributed by atoms with Crippen molar-refractivity contribution in [3.63, 3.8) is 0 Å². The molecular weight excluding hydrogens is 460 g/mol. The molecule has 0 saturated heterocycles. The number of methoxy groups -OCH3 is 2. The van der Waals surface area contributed by atoms with Crippen molar-refractivity contribution in [2.24, 2.45) is 5.92 Å². The molecule has 1 heterocycles. The molecule has 1 aliphatic carbocycles. The average molecular weight is 495 g/mol. The Morgan fingerprint density at radius 1 is 0.946 bits per heavy atom.